The number of thiocarbonyl (C=S) groups is 1. The summed E-state index contributed by atoms with van der Waals surface area (Å²) in [4.78, 5) is 12.7. The lowest BCUT2D eigenvalue weighted by molar-refractivity contribution is -0.128. The van der Waals surface area contributed by atoms with Gasteiger partial charge in [-0.3, -0.25) is 4.79 Å². The number of ether oxygens (including phenoxy) is 2. The Bertz CT molecular complexity index is 909. The molecule has 0 fully saturated rings. The summed E-state index contributed by atoms with van der Waals surface area (Å²) in [5, 5.41) is 6.13. The van der Waals surface area contributed by atoms with Crippen LogP contribution in [0.4, 0.5) is 5.69 Å². The van der Waals surface area contributed by atoms with Crippen LogP contribution in [0.1, 0.15) is 51.7 Å². The largest absolute Gasteiger partial charge is 0.493 e. The first-order valence-electron chi connectivity index (χ1n) is 10.7. The highest BCUT2D eigenvalue weighted by Gasteiger charge is 2.27. The van der Waals surface area contributed by atoms with Gasteiger partial charge in [0.25, 0.3) is 0 Å². The van der Waals surface area contributed by atoms with Gasteiger partial charge in [-0.25, -0.2) is 0 Å². The van der Waals surface area contributed by atoms with E-state index in [0.717, 1.165) is 29.2 Å². The highest BCUT2D eigenvalue weighted by molar-refractivity contribution is 7.80. The Morgan fingerprint density at radius 3 is 2.58 bits per heavy atom. The second-order valence-electron chi connectivity index (χ2n) is 8.71. The summed E-state index contributed by atoms with van der Waals surface area (Å²) in [5.41, 5.74) is 2.48. The zero-order valence-corrected chi connectivity index (χ0v) is 20.2. The molecule has 0 radical (unpaired) electrons. The van der Waals surface area contributed by atoms with Crippen LogP contribution >= 0.6 is 12.2 Å². The Morgan fingerprint density at radius 2 is 1.87 bits per heavy atom. The molecule has 2 rings (SSSR count). The highest BCUT2D eigenvalue weighted by atomic mass is 32.1. The van der Waals surface area contributed by atoms with Crippen molar-refractivity contribution in [2.24, 2.45) is 5.41 Å². The van der Waals surface area contributed by atoms with Crippen molar-refractivity contribution in [3.05, 3.63) is 53.6 Å². The number of rotatable bonds is 9. The zero-order chi connectivity index (χ0) is 23.0. The standard InChI is InChI=1S/C25H34N2O3S/c1-17(2)30-21-10-7-9-20(16-21)26-24(31)27-23(28)25(5,6)13-8-14-29-22-15-18(3)11-12-19(22)4/h7,9-12,15-17H,8,13-14H2,1-6H3,(H2,26,27,28,31). The van der Waals surface area contributed by atoms with E-state index in [1.165, 1.54) is 5.56 Å². The molecule has 0 atom stereocenters. The van der Waals surface area contributed by atoms with Gasteiger partial charge in [0.1, 0.15) is 11.5 Å². The molecule has 0 aliphatic heterocycles. The van der Waals surface area contributed by atoms with Crippen LogP contribution in [-0.2, 0) is 4.79 Å². The maximum atomic E-state index is 12.7. The van der Waals surface area contributed by atoms with E-state index < -0.39 is 5.41 Å². The number of aryl methyl sites for hydroxylation is 2. The van der Waals surface area contributed by atoms with Gasteiger partial charge in [0.15, 0.2) is 5.11 Å². The predicted molar refractivity (Wildman–Crippen MR) is 131 cm³/mol. The van der Waals surface area contributed by atoms with E-state index in [1.807, 2.05) is 71.9 Å². The van der Waals surface area contributed by atoms with Crippen LogP contribution in [0.2, 0.25) is 0 Å². The van der Waals surface area contributed by atoms with Crippen molar-refractivity contribution in [1.82, 2.24) is 5.32 Å². The molecule has 2 aromatic rings. The fourth-order valence-electron chi connectivity index (χ4n) is 3.03. The summed E-state index contributed by atoms with van der Waals surface area (Å²) in [6.07, 6.45) is 1.54. The summed E-state index contributed by atoms with van der Waals surface area (Å²) in [6, 6.07) is 13.7. The summed E-state index contributed by atoms with van der Waals surface area (Å²) in [7, 11) is 0. The van der Waals surface area contributed by atoms with Gasteiger partial charge in [0, 0.05) is 17.2 Å². The molecule has 0 unspecified atom stereocenters. The number of hydrogen-bond acceptors (Lipinski definition) is 4. The first kappa shape index (κ1) is 24.7. The highest BCUT2D eigenvalue weighted by Crippen LogP contribution is 2.24. The number of carbonyl (C=O) groups is 1. The van der Waals surface area contributed by atoms with Gasteiger partial charge in [-0.2, -0.15) is 0 Å². The van der Waals surface area contributed by atoms with E-state index in [4.69, 9.17) is 21.7 Å². The smallest absolute Gasteiger partial charge is 0.231 e. The Kier molecular flexibility index (Phi) is 8.87. The van der Waals surface area contributed by atoms with Crippen molar-refractivity contribution in [1.29, 1.82) is 0 Å². The molecule has 6 heteroatoms. The fourth-order valence-corrected chi connectivity index (χ4v) is 3.24. The number of hydrogen-bond donors (Lipinski definition) is 2. The number of benzene rings is 2. The van der Waals surface area contributed by atoms with E-state index in [1.54, 1.807) is 0 Å². The van der Waals surface area contributed by atoms with E-state index in [2.05, 4.69) is 22.8 Å². The SMILES string of the molecule is Cc1ccc(C)c(OCCCC(C)(C)C(=O)NC(=S)Nc2cccc(OC(C)C)c2)c1. The Labute approximate surface area is 191 Å². The topological polar surface area (TPSA) is 59.6 Å². The maximum Gasteiger partial charge on any atom is 0.231 e. The molecule has 0 aliphatic carbocycles. The number of anilines is 1. The molecule has 0 aromatic heterocycles. The van der Waals surface area contributed by atoms with Gasteiger partial charge in [0.05, 0.1) is 12.7 Å². The monoisotopic (exact) mass is 442 g/mol. The van der Waals surface area contributed by atoms with Crippen LogP contribution in [0.3, 0.4) is 0 Å². The first-order chi connectivity index (χ1) is 14.6. The summed E-state index contributed by atoms with van der Waals surface area (Å²) < 4.78 is 11.6. The molecule has 0 heterocycles. The maximum absolute atomic E-state index is 12.7. The minimum absolute atomic E-state index is 0.0847. The molecule has 2 aromatic carbocycles. The lowest BCUT2D eigenvalue weighted by atomic mass is 9.87. The summed E-state index contributed by atoms with van der Waals surface area (Å²) in [5.74, 6) is 1.53. The number of nitrogens with one attached hydrogen (secondary N) is 2. The average Bonchev–Trinajstić information content (AvgIpc) is 2.67. The van der Waals surface area contributed by atoms with Crippen molar-refractivity contribution in [2.45, 2.75) is 60.5 Å². The second kappa shape index (κ2) is 11.1. The number of amides is 1. The van der Waals surface area contributed by atoms with Crippen LogP contribution in [0.15, 0.2) is 42.5 Å². The molecular formula is C25H34N2O3S. The average molecular weight is 443 g/mol. The van der Waals surface area contributed by atoms with Gasteiger partial charge < -0.3 is 20.1 Å². The summed E-state index contributed by atoms with van der Waals surface area (Å²) >= 11 is 5.33. The minimum atomic E-state index is -0.570. The Hall–Kier alpha value is -2.60. The molecule has 0 saturated heterocycles. The predicted octanol–water partition coefficient (Wildman–Crippen LogP) is 5.79. The van der Waals surface area contributed by atoms with E-state index in [9.17, 15) is 4.79 Å². The Balaban J connectivity index is 1.81. The third-order valence-corrected chi connectivity index (χ3v) is 5.06. The molecule has 0 spiro atoms. The van der Waals surface area contributed by atoms with Gasteiger partial charge in [-0.05, 0) is 82.1 Å². The van der Waals surface area contributed by atoms with Gasteiger partial charge in [0.2, 0.25) is 5.91 Å². The van der Waals surface area contributed by atoms with Gasteiger partial charge in [-0.1, -0.05) is 32.0 Å². The minimum Gasteiger partial charge on any atom is -0.493 e. The quantitative estimate of drug-likeness (QED) is 0.380. The third kappa shape index (κ3) is 8.21. The normalized spacial score (nSPS) is 11.2. The van der Waals surface area contributed by atoms with Crippen molar-refractivity contribution >= 4 is 28.9 Å². The van der Waals surface area contributed by atoms with Crippen molar-refractivity contribution in [3.63, 3.8) is 0 Å². The van der Waals surface area contributed by atoms with Gasteiger partial charge >= 0.3 is 0 Å². The lowest BCUT2D eigenvalue weighted by Crippen LogP contribution is -2.42. The number of carbonyl (C=O) groups excluding carboxylic acids is 1. The van der Waals surface area contributed by atoms with Crippen LogP contribution in [0, 0.1) is 19.3 Å². The van der Waals surface area contributed by atoms with Crippen LogP contribution in [-0.4, -0.2) is 23.7 Å². The second-order valence-corrected chi connectivity index (χ2v) is 9.12. The first-order valence-corrected chi connectivity index (χ1v) is 11.1. The van der Waals surface area contributed by atoms with E-state index in [0.29, 0.717) is 13.0 Å². The zero-order valence-electron chi connectivity index (χ0n) is 19.4. The molecule has 0 bridgehead atoms. The van der Waals surface area contributed by atoms with Crippen molar-refractivity contribution < 1.29 is 14.3 Å². The van der Waals surface area contributed by atoms with E-state index in [-0.39, 0.29) is 17.1 Å². The van der Waals surface area contributed by atoms with Gasteiger partial charge in [-0.15, -0.1) is 0 Å². The molecule has 2 N–H and O–H groups in total. The van der Waals surface area contributed by atoms with Crippen molar-refractivity contribution in [2.75, 3.05) is 11.9 Å². The third-order valence-electron chi connectivity index (χ3n) is 4.85. The molecular weight excluding hydrogens is 408 g/mol. The molecule has 1 amide bonds. The Morgan fingerprint density at radius 1 is 1.13 bits per heavy atom. The van der Waals surface area contributed by atoms with E-state index >= 15 is 0 Å². The molecule has 5 nitrogen and oxygen atoms in total. The fraction of sp³-hybridized carbons (Fsp3) is 0.440. The van der Waals surface area contributed by atoms with Crippen LogP contribution in [0.25, 0.3) is 0 Å². The van der Waals surface area contributed by atoms with Crippen LogP contribution in [0.5, 0.6) is 11.5 Å². The molecule has 168 valence electrons. The van der Waals surface area contributed by atoms with Crippen LogP contribution < -0.4 is 20.1 Å². The molecule has 31 heavy (non-hydrogen) atoms. The molecule has 0 saturated carbocycles. The van der Waals surface area contributed by atoms with Crippen molar-refractivity contribution in [3.8, 4) is 11.5 Å². The lowest BCUT2D eigenvalue weighted by Gasteiger charge is -2.24. The molecule has 0 aliphatic rings. The summed E-state index contributed by atoms with van der Waals surface area (Å²) in [6.45, 7) is 12.4.